The monoisotopic (exact) mass is 286 g/mol. The Bertz CT molecular complexity index is 554. The summed E-state index contributed by atoms with van der Waals surface area (Å²) in [5.74, 6) is -0.133. The van der Waals surface area contributed by atoms with Crippen molar-refractivity contribution < 1.29 is 4.39 Å². The lowest BCUT2D eigenvalue weighted by Crippen LogP contribution is -2.25. The van der Waals surface area contributed by atoms with E-state index in [1.54, 1.807) is 13.0 Å². The second-order valence-electron chi connectivity index (χ2n) is 5.42. The number of halogens is 1. The van der Waals surface area contributed by atoms with Crippen molar-refractivity contribution in [2.75, 3.05) is 13.1 Å². The summed E-state index contributed by atoms with van der Waals surface area (Å²) >= 11 is 0. The summed E-state index contributed by atoms with van der Waals surface area (Å²) in [4.78, 5) is 2.31. The van der Waals surface area contributed by atoms with Crippen molar-refractivity contribution in [2.24, 2.45) is 5.73 Å². The van der Waals surface area contributed by atoms with Crippen molar-refractivity contribution in [1.82, 2.24) is 4.90 Å². The summed E-state index contributed by atoms with van der Waals surface area (Å²) in [7, 11) is 0. The molecule has 2 rings (SSSR count). The number of hydrogen-bond acceptors (Lipinski definition) is 2. The minimum absolute atomic E-state index is 0.133. The largest absolute Gasteiger partial charge is 0.330 e. The Labute approximate surface area is 126 Å². The predicted molar refractivity (Wildman–Crippen MR) is 85.4 cm³/mol. The van der Waals surface area contributed by atoms with Gasteiger partial charge in [0.25, 0.3) is 0 Å². The van der Waals surface area contributed by atoms with Crippen LogP contribution in [0, 0.1) is 12.7 Å². The quantitative estimate of drug-likeness (QED) is 0.844. The molecule has 0 spiro atoms. The molecule has 0 aromatic heterocycles. The highest BCUT2D eigenvalue weighted by atomic mass is 19.1. The predicted octanol–water partition coefficient (Wildman–Crippen LogP) is 3.49. The smallest absolute Gasteiger partial charge is 0.126 e. The highest BCUT2D eigenvalue weighted by Gasteiger charge is 2.08. The second-order valence-corrected chi connectivity index (χ2v) is 5.42. The minimum Gasteiger partial charge on any atom is -0.330 e. The molecule has 0 bridgehead atoms. The van der Waals surface area contributed by atoms with Gasteiger partial charge in [-0.3, -0.25) is 4.90 Å². The van der Waals surface area contributed by atoms with Crippen molar-refractivity contribution in [3.8, 4) is 0 Å². The molecule has 0 atom stereocenters. The standard InChI is InChI=1S/C18H23FN2/c1-15-8-9-17(12-18(15)19)14-21(11-5-10-20)13-16-6-3-2-4-7-16/h2-4,6-9,12H,5,10-11,13-14,20H2,1H3. The molecule has 0 unspecified atom stereocenters. The molecule has 0 amide bonds. The lowest BCUT2D eigenvalue weighted by atomic mass is 10.1. The lowest BCUT2D eigenvalue weighted by molar-refractivity contribution is 0.254. The van der Waals surface area contributed by atoms with Gasteiger partial charge in [0.05, 0.1) is 0 Å². The van der Waals surface area contributed by atoms with Gasteiger partial charge in [0.2, 0.25) is 0 Å². The van der Waals surface area contributed by atoms with Crippen LogP contribution in [0.5, 0.6) is 0 Å². The first-order valence-electron chi connectivity index (χ1n) is 7.40. The summed E-state index contributed by atoms with van der Waals surface area (Å²) in [5.41, 5.74) is 8.58. The molecule has 3 heteroatoms. The van der Waals surface area contributed by atoms with Gasteiger partial charge < -0.3 is 5.73 Å². The number of aryl methyl sites for hydroxylation is 1. The van der Waals surface area contributed by atoms with Crippen molar-refractivity contribution in [3.63, 3.8) is 0 Å². The van der Waals surface area contributed by atoms with Crippen LogP contribution in [0.25, 0.3) is 0 Å². The van der Waals surface area contributed by atoms with Crippen LogP contribution in [0.15, 0.2) is 48.5 Å². The Balaban J connectivity index is 2.06. The van der Waals surface area contributed by atoms with Crippen LogP contribution in [0.2, 0.25) is 0 Å². The van der Waals surface area contributed by atoms with Crippen LogP contribution in [0.1, 0.15) is 23.1 Å². The van der Waals surface area contributed by atoms with Crippen molar-refractivity contribution in [2.45, 2.75) is 26.4 Å². The van der Waals surface area contributed by atoms with E-state index in [0.29, 0.717) is 12.1 Å². The molecule has 2 nitrogen and oxygen atoms in total. The number of nitrogens with two attached hydrogens (primary N) is 1. The van der Waals surface area contributed by atoms with Gasteiger partial charge in [-0.05, 0) is 42.6 Å². The third kappa shape index (κ3) is 4.96. The molecule has 0 heterocycles. The SMILES string of the molecule is Cc1ccc(CN(CCCN)Cc2ccccc2)cc1F. The van der Waals surface area contributed by atoms with E-state index in [2.05, 4.69) is 17.0 Å². The van der Waals surface area contributed by atoms with Crippen LogP contribution in [-0.4, -0.2) is 18.0 Å². The van der Waals surface area contributed by atoms with E-state index in [1.165, 1.54) is 5.56 Å². The molecule has 112 valence electrons. The van der Waals surface area contributed by atoms with Gasteiger partial charge in [0.1, 0.15) is 5.82 Å². The molecule has 21 heavy (non-hydrogen) atoms. The van der Waals surface area contributed by atoms with E-state index in [0.717, 1.165) is 31.6 Å². The maximum Gasteiger partial charge on any atom is 0.126 e. The van der Waals surface area contributed by atoms with Gasteiger partial charge in [0.15, 0.2) is 0 Å². The van der Waals surface area contributed by atoms with Gasteiger partial charge in [0, 0.05) is 19.6 Å². The average Bonchev–Trinajstić information content (AvgIpc) is 2.49. The van der Waals surface area contributed by atoms with Crippen LogP contribution >= 0.6 is 0 Å². The topological polar surface area (TPSA) is 29.3 Å². The van der Waals surface area contributed by atoms with E-state index in [-0.39, 0.29) is 5.82 Å². The number of nitrogens with zero attached hydrogens (tertiary/aromatic N) is 1. The fraction of sp³-hybridized carbons (Fsp3) is 0.333. The summed E-state index contributed by atoms with van der Waals surface area (Å²) in [5, 5.41) is 0. The minimum atomic E-state index is -0.133. The molecule has 2 aromatic carbocycles. The Morgan fingerprint density at radius 1 is 1.00 bits per heavy atom. The third-order valence-electron chi connectivity index (χ3n) is 3.57. The summed E-state index contributed by atoms with van der Waals surface area (Å²) in [6.45, 7) is 4.98. The van der Waals surface area contributed by atoms with Gasteiger partial charge in [-0.2, -0.15) is 0 Å². The molecule has 0 radical (unpaired) electrons. The zero-order chi connectivity index (χ0) is 15.1. The molecular formula is C18H23FN2. The van der Waals surface area contributed by atoms with Crippen molar-refractivity contribution >= 4 is 0 Å². The highest BCUT2D eigenvalue weighted by Crippen LogP contribution is 2.14. The van der Waals surface area contributed by atoms with Crippen LogP contribution in [0.4, 0.5) is 4.39 Å². The fourth-order valence-electron chi connectivity index (χ4n) is 2.36. The molecule has 0 aliphatic rings. The molecule has 0 aliphatic carbocycles. The van der Waals surface area contributed by atoms with Crippen LogP contribution < -0.4 is 5.73 Å². The number of benzene rings is 2. The van der Waals surface area contributed by atoms with Gasteiger partial charge in [-0.1, -0.05) is 42.5 Å². The highest BCUT2D eigenvalue weighted by molar-refractivity contribution is 5.23. The maximum atomic E-state index is 13.7. The normalized spacial score (nSPS) is 11.0. The summed E-state index contributed by atoms with van der Waals surface area (Å²) < 4.78 is 13.7. The maximum absolute atomic E-state index is 13.7. The first-order chi connectivity index (χ1) is 10.2. The Morgan fingerprint density at radius 3 is 2.38 bits per heavy atom. The van der Waals surface area contributed by atoms with E-state index >= 15 is 0 Å². The first-order valence-corrected chi connectivity index (χ1v) is 7.40. The first kappa shape index (κ1) is 15.7. The summed E-state index contributed by atoms with van der Waals surface area (Å²) in [6, 6.07) is 15.8. The molecule has 0 aliphatic heterocycles. The van der Waals surface area contributed by atoms with Crippen LogP contribution in [0.3, 0.4) is 0 Å². The third-order valence-corrected chi connectivity index (χ3v) is 3.57. The van der Waals surface area contributed by atoms with Crippen LogP contribution in [-0.2, 0) is 13.1 Å². The van der Waals surface area contributed by atoms with E-state index in [4.69, 9.17) is 5.73 Å². The average molecular weight is 286 g/mol. The molecule has 2 N–H and O–H groups in total. The zero-order valence-corrected chi connectivity index (χ0v) is 12.6. The second kappa shape index (κ2) is 7.91. The number of hydrogen-bond donors (Lipinski definition) is 1. The lowest BCUT2D eigenvalue weighted by Gasteiger charge is -2.22. The van der Waals surface area contributed by atoms with Crippen molar-refractivity contribution in [3.05, 3.63) is 71.0 Å². The molecule has 0 fully saturated rings. The van der Waals surface area contributed by atoms with Gasteiger partial charge in [-0.15, -0.1) is 0 Å². The Kier molecular flexibility index (Phi) is 5.90. The van der Waals surface area contributed by atoms with E-state index < -0.39 is 0 Å². The van der Waals surface area contributed by atoms with Gasteiger partial charge >= 0.3 is 0 Å². The summed E-state index contributed by atoms with van der Waals surface area (Å²) in [6.07, 6.45) is 0.946. The molecule has 0 saturated heterocycles. The number of rotatable bonds is 7. The Hall–Kier alpha value is -1.71. The van der Waals surface area contributed by atoms with Gasteiger partial charge in [-0.25, -0.2) is 4.39 Å². The van der Waals surface area contributed by atoms with Crippen molar-refractivity contribution in [1.29, 1.82) is 0 Å². The van der Waals surface area contributed by atoms with E-state index in [1.807, 2.05) is 30.3 Å². The molecule has 2 aromatic rings. The fourth-order valence-corrected chi connectivity index (χ4v) is 2.36. The Morgan fingerprint density at radius 2 is 1.71 bits per heavy atom. The van der Waals surface area contributed by atoms with E-state index in [9.17, 15) is 4.39 Å². The molecule has 0 saturated carbocycles. The zero-order valence-electron chi connectivity index (χ0n) is 12.6. The molecular weight excluding hydrogens is 263 g/mol.